The van der Waals surface area contributed by atoms with Crippen molar-refractivity contribution in [2.75, 3.05) is 12.4 Å². The molecule has 4 saturated carbocycles. The average Bonchev–Trinajstić information content (AvgIpc) is 2.22. The van der Waals surface area contributed by atoms with Crippen LogP contribution in [0.25, 0.3) is 0 Å². The summed E-state index contributed by atoms with van der Waals surface area (Å²) < 4.78 is 0.633. The molecule has 0 amide bonds. The van der Waals surface area contributed by atoms with Crippen molar-refractivity contribution < 1.29 is 5.11 Å². The second-order valence-corrected chi connectivity index (χ2v) is 7.55. The quantitative estimate of drug-likeness (QED) is 0.759. The molecule has 4 fully saturated rings. The second kappa shape index (κ2) is 4.38. The molecule has 0 atom stereocenters. The molecule has 1 N–H and O–H groups in total. The summed E-state index contributed by atoms with van der Waals surface area (Å²) in [6, 6.07) is 0. The Morgan fingerprint density at radius 3 is 2.06 bits per heavy atom. The Balaban J connectivity index is 1.62. The lowest BCUT2D eigenvalue weighted by molar-refractivity contribution is 0.0384. The normalized spacial score (nSPS) is 45.7. The fraction of sp³-hybridized carbons (Fsp3) is 0.857. The Morgan fingerprint density at radius 2 is 1.56 bits per heavy atom. The molecule has 4 aliphatic rings. The highest BCUT2D eigenvalue weighted by Crippen LogP contribution is 2.60. The van der Waals surface area contributed by atoms with Crippen LogP contribution >= 0.6 is 11.8 Å². The number of hydrogen-bond donors (Lipinski definition) is 1. The maximum atomic E-state index is 8.73. The zero-order valence-electron chi connectivity index (χ0n) is 9.90. The minimum atomic E-state index is 0.196. The van der Waals surface area contributed by atoms with Crippen LogP contribution in [0.5, 0.6) is 0 Å². The molecule has 0 spiro atoms. The van der Waals surface area contributed by atoms with Gasteiger partial charge in [-0.15, -0.1) is 0 Å². The van der Waals surface area contributed by atoms with Crippen LogP contribution in [0.4, 0.5) is 0 Å². The summed E-state index contributed by atoms with van der Waals surface area (Å²) in [4.78, 5) is 0. The van der Waals surface area contributed by atoms with Crippen molar-refractivity contribution in [1.82, 2.24) is 0 Å². The lowest BCUT2D eigenvalue weighted by Gasteiger charge is -2.56. The highest BCUT2D eigenvalue weighted by Gasteiger charge is 2.50. The lowest BCUT2D eigenvalue weighted by atomic mass is 9.56. The van der Waals surface area contributed by atoms with Crippen molar-refractivity contribution in [2.24, 2.45) is 17.8 Å². The monoisotopic (exact) mass is 238 g/mol. The molecule has 0 radical (unpaired) electrons. The summed E-state index contributed by atoms with van der Waals surface area (Å²) in [5.74, 6) is 4.27. The average molecular weight is 238 g/mol. The third-order valence-electron chi connectivity index (χ3n) is 4.74. The van der Waals surface area contributed by atoms with Gasteiger partial charge in [-0.05, 0) is 56.3 Å². The summed E-state index contributed by atoms with van der Waals surface area (Å²) in [5.41, 5.74) is 0. The zero-order valence-corrected chi connectivity index (χ0v) is 10.7. The molecule has 90 valence electrons. The van der Waals surface area contributed by atoms with Gasteiger partial charge in [-0.2, -0.15) is 11.8 Å². The van der Waals surface area contributed by atoms with E-state index in [1.165, 1.54) is 38.5 Å². The van der Waals surface area contributed by atoms with Gasteiger partial charge in [0.1, 0.15) is 0 Å². The summed E-state index contributed by atoms with van der Waals surface area (Å²) in [6.45, 7) is 0.196. The van der Waals surface area contributed by atoms with Gasteiger partial charge in [0, 0.05) is 10.5 Å². The van der Waals surface area contributed by atoms with Crippen LogP contribution in [0.3, 0.4) is 0 Å². The van der Waals surface area contributed by atoms with Crippen LogP contribution in [0.15, 0.2) is 12.2 Å². The molecule has 0 aliphatic heterocycles. The molecule has 4 aliphatic carbocycles. The first kappa shape index (κ1) is 11.2. The van der Waals surface area contributed by atoms with E-state index in [4.69, 9.17) is 5.11 Å². The Labute approximate surface area is 103 Å². The molecule has 4 rings (SSSR count). The van der Waals surface area contributed by atoms with Crippen molar-refractivity contribution in [3.8, 4) is 0 Å². The molecule has 0 aromatic carbocycles. The van der Waals surface area contributed by atoms with E-state index in [-0.39, 0.29) is 6.61 Å². The minimum absolute atomic E-state index is 0.196. The molecule has 4 bridgehead atoms. The summed E-state index contributed by atoms with van der Waals surface area (Å²) in [7, 11) is 0. The molecule has 0 aromatic rings. The summed E-state index contributed by atoms with van der Waals surface area (Å²) >= 11 is 2.18. The van der Waals surface area contributed by atoms with Gasteiger partial charge in [-0.25, -0.2) is 0 Å². The van der Waals surface area contributed by atoms with Gasteiger partial charge in [0.15, 0.2) is 0 Å². The molecule has 2 heteroatoms. The first-order chi connectivity index (χ1) is 7.80. The van der Waals surface area contributed by atoms with Gasteiger partial charge in [0.25, 0.3) is 0 Å². The van der Waals surface area contributed by atoms with Crippen LogP contribution < -0.4 is 0 Å². The van der Waals surface area contributed by atoms with Crippen LogP contribution in [-0.2, 0) is 0 Å². The van der Waals surface area contributed by atoms with Crippen molar-refractivity contribution in [3.63, 3.8) is 0 Å². The number of rotatable bonds is 4. The van der Waals surface area contributed by atoms with E-state index in [1.807, 2.05) is 6.08 Å². The molecular formula is C14H22OS. The lowest BCUT2D eigenvalue weighted by Crippen LogP contribution is -2.48. The molecule has 0 aromatic heterocycles. The first-order valence-electron chi connectivity index (χ1n) is 6.69. The van der Waals surface area contributed by atoms with Crippen molar-refractivity contribution in [2.45, 2.75) is 43.3 Å². The molecule has 0 saturated heterocycles. The van der Waals surface area contributed by atoms with Gasteiger partial charge in [-0.1, -0.05) is 12.2 Å². The zero-order chi connectivity index (χ0) is 11.0. The van der Waals surface area contributed by atoms with Crippen molar-refractivity contribution in [3.05, 3.63) is 12.2 Å². The topological polar surface area (TPSA) is 20.2 Å². The van der Waals surface area contributed by atoms with Gasteiger partial charge in [-0.3, -0.25) is 0 Å². The maximum Gasteiger partial charge on any atom is 0.0612 e. The Hall–Kier alpha value is 0.0500. The SMILES string of the molecule is OCC=CCSC12CC3CC(CC(C3)C1)C2. The largest absolute Gasteiger partial charge is 0.392 e. The number of aliphatic hydroxyl groups is 1. The highest BCUT2D eigenvalue weighted by molar-refractivity contribution is 8.00. The molecule has 16 heavy (non-hydrogen) atoms. The predicted octanol–water partition coefficient (Wildman–Crippen LogP) is 3.24. The Morgan fingerprint density at radius 1 is 1.00 bits per heavy atom. The minimum Gasteiger partial charge on any atom is -0.392 e. The van der Waals surface area contributed by atoms with Crippen LogP contribution in [0.1, 0.15) is 38.5 Å². The van der Waals surface area contributed by atoms with Gasteiger partial charge in [0.05, 0.1) is 6.61 Å². The smallest absolute Gasteiger partial charge is 0.0612 e. The summed E-state index contributed by atoms with van der Waals surface area (Å²) in [6.07, 6.45) is 13.1. The van der Waals surface area contributed by atoms with Crippen LogP contribution in [-0.4, -0.2) is 22.2 Å². The first-order valence-corrected chi connectivity index (χ1v) is 7.68. The Bertz CT molecular complexity index is 249. The molecule has 1 nitrogen and oxygen atoms in total. The van der Waals surface area contributed by atoms with Crippen molar-refractivity contribution >= 4 is 11.8 Å². The Kier molecular flexibility index (Phi) is 3.05. The molecular weight excluding hydrogens is 216 g/mol. The molecule has 0 heterocycles. The molecule has 0 unspecified atom stereocenters. The van der Waals surface area contributed by atoms with Gasteiger partial charge < -0.3 is 5.11 Å². The van der Waals surface area contributed by atoms with Crippen LogP contribution in [0, 0.1) is 17.8 Å². The second-order valence-electron chi connectivity index (χ2n) is 6.07. The van der Waals surface area contributed by atoms with E-state index in [0.717, 1.165) is 23.5 Å². The van der Waals surface area contributed by atoms with E-state index in [0.29, 0.717) is 4.75 Å². The maximum absolute atomic E-state index is 8.73. The fourth-order valence-corrected chi connectivity index (χ4v) is 6.22. The predicted molar refractivity (Wildman–Crippen MR) is 69.6 cm³/mol. The standard InChI is InChI=1S/C14H22OS/c15-3-1-2-4-16-14-8-11-5-12(9-14)7-13(6-11)10-14/h1-2,11-13,15H,3-10H2. The van der Waals surface area contributed by atoms with E-state index in [9.17, 15) is 0 Å². The third-order valence-corrected chi connectivity index (χ3v) is 6.21. The van der Waals surface area contributed by atoms with Crippen LogP contribution in [0.2, 0.25) is 0 Å². The number of thioether (sulfide) groups is 1. The van der Waals surface area contributed by atoms with Crippen molar-refractivity contribution in [1.29, 1.82) is 0 Å². The number of hydrogen-bond acceptors (Lipinski definition) is 2. The fourth-order valence-electron chi connectivity index (χ4n) is 4.58. The van der Waals surface area contributed by atoms with E-state index < -0.39 is 0 Å². The van der Waals surface area contributed by atoms with Gasteiger partial charge in [0.2, 0.25) is 0 Å². The van der Waals surface area contributed by atoms with E-state index in [2.05, 4.69) is 17.8 Å². The van der Waals surface area contributed by atoms with Gasteiger partial charge >= 0.3 is 0 Å². The van der Waals surface area contributed by atoms with E-state index >= 15 is 0 Å². The highest BCUT2D eigenvalue weighted by atomic mass is 32.2. The van der Waals surface area contributed by atoms with E-state index in [1.54, 1.807) is 0 Å². The summed E-state index contributed by atoms with van der Waals surface area (Å²) in [5, 5.41) is 8.73. The third kappa shape index (κ3) is 2.06. The number of aliphatic hydroxyl groups excluding tert-OH is 1.